The third-order valence-electron chi connectivity index (χ3n) is 2.41. The molecule has 0 aliphatic heterocycles. The molecule has 0 aliphatic rings. The van der Waals surface area contributed by atoms with E-state index in [1.165, 1.54) is 18.2 Å². The highest BCUT2D eigenvalue weighted by Gasteiger charge is 2.08. The lowest BCUT2D eigenvalue weighted by Gasteiger charge is -2.08. The van der Waals surface area contributed by atoms with Gasteiger partial charge in [-0.2, -0.15) is 0 Å². The van der Waals surface area contributed by atoms with Crippen molar-refractivity contribution >= 4 is 23.4 Å². The molecule has 2 N–H and O–H groups in total. The van der Waals surface area contributed by atoms with Crippen LogP contribution in [0.2, 0.25) is 5.02 Å². The SMILES string of the molecule is O=C(Nc1cc(Cl)ccc1O)OCc1ccccc1. The fourth-order valence-electron chi connectivity index (χ4n) is 1.48. The normalized spacial score (nSPS) is 9.95. The molecule has 98 valence electrons. The summed E-state index contributed by atoms with van der Waals surface area (Å²) in [7, 11) is 0. The second kappa shape index (κ2) is 6.11. The molecular weight excluding hydrogens is 266 g/mol. The van der Waals surface area contributed by atoms with Crippen LogP contribution < -0.4 is 5.32 Å². The van der Waals surface area contributed by atoms with Crippen LogP contribution in [0.4, 0.5) is 10.5 Å². The van der Waals surface area contributed by atoms with Gasteiger partial charge < -0.3 is 9.84 Å². The lowest BCUT2D eigenvalue weighted by atomic mass is 10.2. The van der Waals surface area contributed by atoms with Crippen molar-refractivity contribution < 1.29 is 14.6 Å². The number of phenols is 1. The van der Waals surface area contributed by atoms with Crippen LogP contribution in [0.25, 0.3) is 0 Å². The largest absolute Gasteiger partial charge is 0.506 e. The first-order valence-electron chi connectivity index (χ1n) is 5.61. The molecule has 0 heterocycles. The summed E-state index contributed by atoms with van der Waals surface area (Å²) >= 11 is 5.77. The monoisotopic (exact) mass is 277 g/mol. The Labute approximate surface area is 115 Å². The number of phenolic OH excluding ortho intramolecular Hbond substituents is 1. The lowest BCUT2D eigenvalue weighted by molar-refractivity contribution is 0.155. The number of benzene rings is 2. The fourth-order valence-corrected chi connectivity index (χ4v) is 1.65. The van der Waals surface area contributed by atoms with Crippen molar-refractivity contribution in [3.8, 4) is 5.75 Å². The molecule has 0 spiro atoms. The van der Waals surface area contributed by atoms with Crippen LogP contribution in [0.5, 0.6) is 5.75 Å². The van der Waals surface area contributed by atoms with Crippen molar-refractivity contribution in [2.24, 2.45) is 0 Å². The van der Waals surface area contributed by atoms with Gasteiger partial charge in [0.15, 0.2) is 0 Å². The molecule has 2 aromatic rings. The van der Waals surface area contributed by atoms with E-state index in [-0.39, 0.29) is 18.0 Å². The number of nitrogens with one attached hydrogen (secondary N) is 1. The van der Waals surface area contributed by atoms with Gasteiger partial charge in [-0.25, -0.2) is 4.79 Å². The van der Waals surface area contributed by atoms with Crippen molar-refractivity contribution in [1.29, 1.82) is 0 Å². The average molecular weight is 278 g/mol. The van der Waals surface area contributed by atoms with E-state index < -0.39 is 6.09 Å². The predicted octanol–water partition coefficient (Wildman–Crippen LogP) is 3.79. The van der Waals surface area contributed by atoms with Crippen molar-refractivity contribution in [1.82, 2.24) is 0 Å². The number of ether oxygens (including phenoxy) is 1. The summed E-state index contributed by atoms with van der Waals surface area (Å²) in [5.41, 5.74) is 1.10. The molecule has 2 rings (SSSR count). The van der Waals surface area contributed by atoms with Gasteiger partial charge in [-0.15, -0.1) is 0 Å². The maximum Gasteiger partial charge on any atom is 0.412 e. The zero-order chi connectivity index (χ0) is 13.7. The van der Waals surface area contributed by atoms with Gasteiger partial charge in [0.25, 0.3) is 0 Å². The predicted molar refractivity (Wildman–Crippen MR) is 73.4 cm³/mol. The van der Waals surface area contributed by atoms with Crippen LogP contribution >= 0.6 is 11.6 Å². The molecule has 0 saturated carbocycles. The number of hydrogen-bond donors (Lipinski definition) is 2. The second-order valence-corrected chi connectivity index (χ2v) is 4.28. The average Bonchev–Trinajstić information content (AvgIpc) is 2.42. The highest BCUT2D eigenvalue weighted by molar-refractivity contribution is 6.31. The Balaban J connectivity index is 1.93. The standard InChI is InChI=1S/C14H12ClNO3/c15-11-6-7-13(17)12(8-11)16-14(18)19-9-10-4-2-1-3-5-10/h1-8,17H,9H2,(H,16,18). The minimum atomic E-state index is -0.651. The summed E-state index contributed by atoms with van der Waals surface area (Å²) in [5, 5.41) is 12.4. The Kier molecular flexibility index (Phi) is 4.26. The van der Waals surface area contributed by atoms with Crippen LogP contribution in [-0.2, 0) is 11.3 Å². The number of hydrogen-bond acceptors (Lipinski definition) is 3. The molecule has 0 aliphatic carbocycles. The molecule has 19 heavy (non-hydrogen) atoms. The molecule has 0 aromatic heterocycles. The third kappa shape index (κ3) is 3.89. The summed E-state index contributed by atoms with van der Waals surface area (Å²) < 4.78 is 5.02. The molecule has 0 unspecified atom stereocenters. The molecule has 0 radical (unpaired) electrons. The topological polar surface area (TPSA) is 58.6 Å². The fraction of sp³-hybridized carbons (Fsp3) is 0.0714. The minimum absolute atomic E-state index is 0.0685. The van der Waals surface area contributed by atoms with Crippen LogP contribution in [0.3, 0.4) is 0 Å². The maximum atomic E-state index is 11.6. The number of aromatic hydroxyl groups is 1. The number of rotatable bonds is 3. The van der Waals surface area contributed by atoms with Crippen LogP contribution in [0.1, 0.15) is 5.56 Å². The zero-order valence-electron chi connectivity index (χ0n) is 9.97. The summed E-state index contributed by atoms with van der Waals surface area (Å²) in [5.74, 6) is -0.0685. The van der Waals surface area contributed by atoms with Gasteiger partial charge >= 0.3 is 6.09 Å². The number of carbonyl (C=O) groups is 1. The number of amides is 1. The van der Waals surface area contributed by atoms with Crippen molar-refractivity contribution in [2.75, 3.05) is 5.32 Å². The van der Waals surface area contributed by atoms with E-state index >= 15 is 0 Å². The molecular formula is C14H12ClNO3. The zero-order valence-corrected chi connectivity index (χ0v) is 10.7. The van der Waals surface area contributed by atoms with Gasteiger partial charge in [0.05, 0.1) is 5.69 Å². The first-order chi connectivity index (χ1) is 9.15. The first-order valence-corrected chi connectivity index (χ1v) is 5.99. The third-order valence-corrected chi connectivity index (χ3v) is 2.64. The van der Waals surface area contributed by atoms with E-state index in [9.17, 15) is 9.90 Å². The molecule has 5 heteroatoms. The van der Waals surface area contributed by atoms with E-state index in [0.29, 0.717) is 5.02 Å². The molecule has 1 amide bonds. The van der Waals surface area contributed by atoms with Crippen molar-refractivity contribution in [3.63, 3.8) is 0 Å². The molecule has 4 nitrogen and oxygen atoms in total. The lowest BCUT2D eigenvalue weighted by Crippen LogP contribution is -2.13. The van der Waals surface area contributed by atoms with Gasteiger partial charge in [0, 0.05) is 5.02 Å². The van der Waals surface area contributed by atoms with Crippen molar-refractivity contribution in [3.05, 3.63) is 59.1 Å². The first kappa shape index (κ1) is 13.2. The van der Waals surface area contributed by atoms with Gasteiger partial charge in [0.1, 0.15) is 12.4 Å². The Hall–Kier alpha value is -2.20. The van der Waals surface area contributed by atoms with Crippen LogP contribution in [-0.4, -0.2) is 11.2 Å². The summed E-state index contributed by atoms with van der Waals surface area (Å²) in [6.45, 7) is 0.161. The maximum absolute atomic E-state index is 11.6. The van der Waals surface area contributed by atoms with Crippen LogP contribution in [0.15, 0.2) is 48.5 Å². The summed E-state index contributed by atoms with van der Waals surface area (Å²) in [6, 6.07) is 13.7. The van der Waals surface area contributed by atoms with Gasteiger partial charge in [-0.1, -0.05) is 41.9 Å². The molecule has 0 bridgehead atoms. The van der Waals surface area contributed by atoms with E-state index in [0.717, 1.165) is 5.56 Å². The highest BCUT2D eigenvalue weighted by atomic mass is 35.5. The number of carbonyl (C=O) groups excluding carboxylic acids is 1. The quantitative estimate of drug-likeness (QED) is 0.839. The van der Waals surface area contributed by atoms with E-state index in [2.05, 4.69) is 5.32 Å². The van der Waals surface area contributed by atoms with Gasteiger partial charge in [-0.3, -0.25) is 5.32 Å². The Bertz CT molecular complexity index is 572. The summed E-state index contributed by atoms with van der Waals surface area (Å²) in [6.07, 6.45) is -0.651. The highest BCUT2D eigenvalue weighted by Crippen LogP contribution is 2.26. The molecule has 0 atom stereocenters. The van der Waals surface area contributed by atoms with Gasteiger partial charge in [-0.05, 0) is 23.8 Å². The van der Waals surface area contributed by atoms with Gasteiger partial charge in [0.2, 0.25) is 0 Å². The molecule has 0 fully saturated rings. The Morgan fingerprint density at radius 1 is 1.21 bits per heavy atom. The minimum Gasteiger partial charge on any atom is -0.506 e. The van der Waals surface area contributed by atoms with Crippen LogP contribution in [0, 0.1) is 0 Å². The van der Waals surface area contributed by atoms with E-state index in [1.807, 2.05) is 30.3 Å². The molecule has 2 aromatic carbocycles. The smallest absolute Gasteiger partial charge is 0.412 e. The summed E-state index contributed by atoms with van der Waals surface area (Å²) in [4.78, 5) is 11.6. The second-order valence-electron chi connectivity index (χ2n) is 3.85. The van der Waals surface area contributed by atoms with E-state index in [4.69, 9.17) is 16.3 Å². The van der Waals surface area contributed by atoms with E-state index in [1.54, 1.807) is 0 Å². The molecule has 0 saturated heterocycles. The number of halogens is 1. The van der Waals surface area contributed by atoms with Crippen molar-refractivity contribution in [2.45, 2.75) is 6.61 Å². The number of anilines is 1. The Morgan fingerprint density at radius 3 is 2.68 bits per heavy atom. The Morgan fingerprint density at radius 2 is 1.95 bits per heavy atom.